The van der Waals surface area contributed by atoms with Gasteiger partial charge in [-0.2, -0.15) is 0 Å². The predicted octanol–water partition coefficient (Wildman–Crippen LogP) is 15.5. The Balaban J connectivity index is 5.17. The zero-order valence-corrected chi connectivity index (χ0v) is 45.2. The van der Waals surface area contributed by atoms with E-state index in [0.717, 1.165) is 27.8 Å². The Morgan fingerprint density at radius 3 is 0.786 bits per heavy atom. The van der Waals surface area contributed by atoms with Crippen LogP contribution in [0.25, 0.3) is 0 Å². The van der Waals surface area contributed by atoms with E-state index in [9.17, 15) is 5.11 Å². The molecule has 0 aliphatic carbocycles. The highest BCUT2D eigenvalue weighted by molar-refractivity contribution is 6.92. The van der Waals surface area contributed by atoms with Crippen LogP contribution in [0, 0.1) is 45.9 Å². The molecule has 0 fully saturated rings. The lowest BCUT2D eigenvalue weighted by Crippen LogP contribution is -2.43. The van der Waals surface area contributed by atoms with Crippen molar-refractivity contribution in [2.45, 2.75) is 239 Å². The molecule has 1 nitrogen and oxygen atoms in total. The molecule has 0 bridgehead atoms. The molecule has 0 radical (unpaired) electrons. The first kappa shape index (κ1) is 52.3. The summed E-state index contributed by atoms with van der Waals surface area (Å²) in [6, 6.07) is 2.16. The van der Waals surface area contributed by atoms with Gasteiger partial charge in [-0.05, 0) is 78.1 Å². The molecule has 0 aromatic heterocycles. The fraction of sp³-hybridized carbons (Fsp3) is 0.725. The Bertz CT molecular complexity index is 1620. The summed E-state index contributed by atoms with van der Waals surface area (Å²) in [7, 11) is -8.50. The molecule has 56 heavy (non-hydrogen) atoms. The van der Waals surface area contributed by atoms with Crippen molar-refractivity contribution in [3.05, 3.63) is 33.9 Å². The van der Waals surface area contributed by atoms with E-state index < -0.39 is 32.3 Å². The number of rotatable bonds is 13. The highest BCUT2D eigenvalue weighted by Crippen LogP contribution is 2.44. The first-order valence-corrected chi connectivity index (χ1v) is 31.5. The van der Waals surface area contributed by atoms with Crippen LogP contribution in [-0.4, -0.2) is 37.4 Å². The van der Waals surface area contributed by atoms with Gasteiger partial charge < -0.3 is 5.11 Å². The Kier molecular flexibility index (Phi) is 19.6. The summed E-state index contributed by atoms with van der Waals surface area (Å²) in [5.74, 6) is 15.7. The molecule has 0 atom stereocenters. The van der Waals surface area contributed by atoms with E-state index in [1.165, 1.54) is 0 Å². The molecule has 0 aliphatic rings. The summed E-state index contributed by atoms with van der Waals surface area (Å²) in [4.78, 5) is 0. The van der Waals surface area contributed by atoms with Gasteiger partial charge in [0, 0.05) is 11.1 Å². The third-order valence-electron chi connectivity index (χ3n) is 14.7. The minimum absolute atomic E-state index is 0.106. The number of hydrogen-bond donors (Lipinski definition) is 1. The predicted molar refractivity (Wildman–Crippen MR) is 264 cm³/mol. The van der Waals surface area contributed by atoms with Crippen LogP contribution in [-0.2, 0) is 6.61 Å². The fourth-order valence-electron chi connectivity index (χ4n) is 11.8. The molecule has 0 spiro atoms. The van der Waals surface area contributed by atoms with Crippen molar-refractivity contribution in [2.24, 2.45) is 0 Å². The van der Waals surface area contributed by atoms with Gasteiger partial charge in [-0.3, -0.25) is 0 Å². The molecular weight excluding hydrogens is 741 g/mol. The summed E-state index contributed by atoms with van der Waals surface area (Å²) in [6.45, 7) is 57.1. The maximum atomic E-state index is 11.3. The Labute approximate surface area is 354 Å². The maximum absolute atomic E-state index is 11.3. The van der Waals surface area contributed by atoms with E-state index in [-0.39, 0.29) is 6.61 Å². The van der Waals surface area contributed by atoms with Gasteiger partial charge >= 0.3 is 0 Å². The largest absolute Gasteiger partial charge is 0.392 e. The van der Waals surface area contributed by atoms with Gasteiger partial charge in [-0.15, -0.1) is 22.2 Å². The van der Waals surface area contributed by atoms with Crippen molar-refractivity contribution in [3.8, 4) is 45.9 Å². The van der Waals surface area contributed by atoms with Gasteiger partial charge in [0.2, 0.25) is 0 Å². The van der Waals surface area contributed by atoms with E-state index in [4.69, 9.17) is 0 Å². The van der Waals surface area contributed by atoms with E-state index in [2.05, 4.69) is 218 Å². The lowest BCUT2D eigenvalue weighted by molar-refractivity contribution is 0.281. The van der Waals surface area contributed by atoms with Gasteiger partial charge in [-0.1, -0.05) is 190 Å². The molecule has 0 unspecified atom stereocenters. The molecule has 0 amide bonds. The van der Waals surface area contributed by atoms with E-state index >= 15 is 0 Å². The molecule has 314 valence electrons. The number of aliphatic hydroxyl groups excluding tert-OH is 1. The molecule has 1 rings (SSSR count). The van der Waals surface area contributed by atoms with Crippen molar-refractivity contribution in [2.75, 3.05) is 0 Å². The first-order valence-electron chi connectivity index (χ1n) is 22.6. The third-order valence-corrected chi connectivity index (χ3v) is 39.8. The topological polar surface area (TPSA) is 20.2 Å². The second-order valence-electron chi connectivity index (χ2n) is 21.0. The first-order chi connectivity index (χ1) is 25.6. The molecular formula is C51H88OSi4. The molecule has 1 aromatic rings. The average Bonchev–Trinajstić information content (AvgIpc) is 3.04. The number of aliphatic hydroxyl groups is 1. The zero-order chi connectivity index (χ0) is 43.9. The third kappa shape index (κ3) is 10.2. The van der Waals surface area contributed by atoms with E-state index in [1.54, 1.807) is 0 Å². The van der Waals surface area contributed by atoms with Crippen LogP contribution < -0.4 is 0 Å². The Morgan fingerprint density at radius 2 is 0.554 bits per heavy atom. The standard InChI is InChI=1S/C51H88OSi4/c1-35(2)53(36(3)4,37(5)6)29-25-47-33-48(34-52)50(27-31-55(41(13)14,42(15)16)43(17)18)51(28-32-56(44(19)20,45(21)22)46(23)24)49(47)26-30-54(38(7)8,39(9)10)40(11)12/h33,35-46,52H,34H2,1-24H3. The smallest absolute Gasteiger partial charge is 0.146 e. The number of benzene rings is 1. The van der Waals surface area contributed by atoms with Crippen LogP contribution in [0.5, 0.6) is 0 Å². The van der Waals surface area contributed by atoms with E-state index in [0.29, 0.717) is 66.5 Å². The van der Waals surface area contributed by atoms with Crippen LogP contribution in [0.3, 0.4) is 0 Å². The molecule has 5 heteroatoms. The van der Waals surface area contributed by atoms with Crippen molar-refractivity contribution < 1.29 is 5.11 Å². The molecule has 0 saturated carbocycles. The van der Waals surface area contributed by atoms with Crippen LogP contribution in [0.15, 0.2) is 6.07 Å². The highest BCUT2D eigenvalue weighted by atomic mass is 28.3. The SMILES string of the molecule is CC(C)[Si](C#Cc1cc(CO)c(C#C[Si](C(C)C)(C(C)C)C(C)C)c(C#C[Si](C(C)C)(C(C)C)C(C)C)c1C#C[Si](C(C)C)(C(C)C)C(C)C)(C(C)C)C(C)C. The Morgan fingerprint density at radius 1 is 0.339 bits per heavy atom. The molecule has 0 aliphatic heterocycles. The molecule has 0 heterocycles. The maximum Gasteiger partial charge on any atom is 0.146 e. The quantitative estimate of drug-likeness (QED) is 0.155. The summed E-state index contributed by atoms with van der Waals surface area (Å²) >= 11 is 0. The second-order valence-corrected chi connectivity index (χ2v) is 43.3. The summed E-state index contributed by atoms with van der Waals surface area (Å²) in [5, 5.41) is 11.3. The number of hydrogen-bond acceptors (Lipinski definition) is 1. The van der Waals surface area contributed by atoms with Gasteiger partial charge in [0.25, 0.3) is 0 Å². The fourth-order valence-corrected chi connectivity index (χ4v) is 32.6. The monoisotopic (exact) mass is 829 g/mol. The van der Waals surface area contributed by atoms with Crippen molar-refractivity contribution in [1.29, 1.82) is 0 Å². The van der Waals surface area contributed by atoms with Crippen molar-refractivity contribution in [1.82, 2.24) is 0 Å². The van der Waals surface area contributed by atoms with Crippen LogP contribution >= 0.6 is 0 Å². The second kappa shape index (κ2) is 21.0. The van der Waals surface area contributed by atoms with Crippen LogP contribution in [0.4, 0.5) is 0 Å². The zero-order valence-electron chi connectivity index (χ0n) is 41.2. The van der Waals surface area contributed by atoms with Gasteiger partial charge in [-0.25, -0.2) is 0 Å². The normalized spacial score (nSPS) is 13.1. The molecule has 1 N–H and O–H groups in total. The summed E-state index contributed by atoms with van der Waals surface area (Å²) < 4.78 is 0. The van der Waals surface area contributed by atoms with Crippen molar-refractivity contribution in [3.63, 3.8) is 0 Å². The lowest BCUT2D eigenvalue weighted by atomic mass is 9.92. The highest BCUT2D eigenvalue weighted by Gasteiger charge is 2.45. The summed E-state index contributed by atoms with van der Waals surface area (Å²) in [6.07, 6.45) is 0. The lowest BCUT2D eigenvalue weighted by Gasteiger charge is -2.38. The Hall–Kier alpha value is -1.71. The van der Waals surface area contributed by atoms with Crippen molar-refractivity contribution >= 4 is 32.3 Å². The van der Waals surface area contributed by atoms with Gasteiger partial charge in [0.1, 0.15) is 32.3 Å². The van der Waals surface area contributed by atoms with Crippen LogP contribution in [0.1, 0.15) is 194 Å². The van der Waals surface area contributed by atoms with E-state index in [1.807, 2.05) is 0 Å². The minimum Gasteiger partial charge on any atom is -0.392 e. The summed E-state index contributed by atoms with van der Waals surface area (Å²) in [5.41, 5.74) is 26.8. The molecule has 1 aromatic carbocycles. The van der Waals surface area contributed by atoms with Gasteiger partial charge in [0.05, 0.1) is 17.7 Å². The minimum atomic E-state index is -2.15. The molecule has 0 saturated heterocycles. The van der Waals surface area contributed by atoms with Gasteiger partial charge in [0.15, 0.2) is 0 Å². The van der Waals surface area contributed by atoms with Crippen LogP contribution in [0.2, 0.25) is 66.5 Å². The average molecular weight is 830 g/mol.